The summed E-state index contributed by atoms with van der Waals surface area (Å²) in [5, 5.41) is 8.18. The fourth-order valence-electron chi connectivity index (χ4n) is 6.68. The van der Waals surface area contributed by atoms with E-state index < -0.39 is 11.9 Å². The minimum atomic E-state index is -0.411. The van der Waals surface area contributed by atoms with Crippen LogP contribution in [-0.2, 0) is 14.4 Å². The van der Waals surface area contributed by atoms with Crippen LogP contribution in [-0.4, -0.2) is 90.6 Å². The molecule has 1 atom stereocenters. The third kappa shape index (κ3) is 7.33. The highest BCUT2D eigenvalue weighted by molar-refractivity contribution is 6.30. The van der Waals surface area contributed by atoms with Gasteiger partial charge in [0.05, 0.1) is 36.8 Å². The maximum Gasteiger partial charge on any atom is 0.247 e. The molecule has 4 heterocycles. The van der Waals surface area contributed by atoms with Crippen molar-refractivity contribution >= 4 is 52.1 Å². The van der Waals surface area contributed by atoms with Crippen LogP contribution in [0.5, 0.6) is 5.75 Å². The quantitative estimate of drug-likeness (QED) is 0.294. The van der Waals surface area contributed by atoms with E-state index in [-0.39, 0.29) is 11.8 Å². The SMILES string of the molecule is C=CC(=O)Nc1cc(Nc2cc(N3OCCC3c3ccc(Cl)cc3F)ncn2)c(OC)cc1N1CCC(N2CCN(C(C)=O)CC2)CC1. The Morgan fingerprint density at radius 2 is 1.81 bits per heavy atom. The number of piperidine rings is 1. The highest BCUT2D eigenvalue weighted by Crippen LogP contribution is 2.41. The lowest BCUT2D eigenvalue weighted by Gasteiger charge is -2.43. The third-order valence-corrected chi connectivity index (χ3v) is 9.44. The number of nitrogens with zero attached hydrogens (tertiary/aromatic N) is 6. The molecule has 2 aromatic carbocycles. The van der Waals surface area contributed by atoms with Crippen LogP contribution >= 0.6 is 11.6 Å². The number of benzene rings is 2. The summed E-state index contributed by atoms with van der Waals surface area (Å²) < 4.78 is 20.6. The monoisotopic (exact) mass is 678 g/mol. The highest BCUT2D eigenvalue weighted by Gasteiger charge is 2.32. The van der Waals surface area contributed by atoms with Crippen molar-refractivity contribution in [2.75, 3.05) is 73.6 Å². The second kappa shape index (κ2) is 14.8. The van der Waals surface area contributed by atoms with Gasteiger partial charge in [0.25, 0.3) is 0 Å². The van der Waals surface area contributed by atoms with E-state index in [2.05, 4.69) is 37.0 Å². The van der Waals surface area contributed by atoms with Gasteiger partial charge in [-0.15, -0.1) is 0 Å². The van der Waals surface area contributed by atoms with Crippen molar-refractivity contribution in [3.8, 4) is 5.75 Å². The molecule has 1 aromatic heterocycles. The topological polar surface area (TPSA) is 115 Å². The molecule has 12 nitrogen and oxygen atoms in total. The number of aromatic nitrogens is 2. The normalized spacial score (nSPS) is 18.9. The number of anilines is 5. The van der Waals surface area contributed by atoms with Crippen LogP contribution in [0.1, 0.15) is 37.8 Å². The highest BCUT2D eigenvalue weighted by atomic mass is 35.5. The number of piperazine rings is 1. The van der Waals surface area contributed by atoms with Crippen LogP contribution in [0.4, 0.5) is 33.1 Å². The number of carbonyl (C=O) groups is 2. The molecular weight excluding hydrogens is 639 g/mol. The number of rotatable bonds is 9. The van der Waals surface area contributed by atoms with Gasteiger partial charge in [-0.1, -0.05) is 24.2 Å². The lowest BCUT2D eigenvalue weighted by Crippen LogP contribution is -2.54. The molecule has 3 aliphatic rings. The number of amides is 2. The Hall–Kier alpha value is -4.46. The average Bonchev–Trinajstić information content (AvgIpc) is 3.58. The van der Waals surface area contributed by atoms with Crippen LogP contribution in [0.3, 0.4) is 0 Å². The Morgan fingerprint density at radius 1 is 1.04 bits per heavy atom. The van der Waals surface area contributed by atoms with E-state index in [1.165, 1.54) is 18.5 Å². The first-order chi connectivity index (χ1) is 23.2. The van der Waals surface area contributed by atoms with Gasteiger partial charge in [-0.2, -0.15) is 0 Å². The number of hydroxylamine groups is 1. The summed E-state index contributed by atoms with van der Waals surface area (Å²) in [5.41, 5.74) is 2.48. The standard InChI is InChI=1S/C34H40ClFN8O4/c1-4-34(46)40-27-18-28(31(47-3)19-30(27)43-10-7-24(8-11-43)42-14-12-41(13-15-42)22(2)45)39-32-20-33(38-21-37-32)44-29(9-16-48-44)25-6-5-23(35)17-26(25)36/h4-6,17-21,24,29H,1,7-16H2,2-3H3,(H,40,46)(H,37,38,39). The van der Waals surface area contributed by atoms with E-state index in [0.717, 1.165) is 57.8 Å². The van der Waals surface area contributed by atoms with Crippen molar-refractivity contribution in [2.24, 2.45) is 0 Å². The summed E-state index contributed by atoms with van der Waals surface area (Å²) in [4.78, 5) is 45.6. The molecule has 3 aromatic rings. The Balaban J connectivity index is 1.20. The summed E-state index contributed by atoms with van der Waals surface area (Å²) in [5.74, 6) is 0.843. The lowest BCUT2D eigenvalue weighted by atomic mass is 10.0. The smallest absolute Gasteiger partial charge is 0.247 e. The van der Waals surface area contributed by atoms with Gasteiger partial charge < -0.3 is 25.2 Å². The Bertz CT molecular complexity index is 1660. The van der Waals surface area contributed by atoms with E-state index in [9.17, 15) is 14.0 Å². The fraction of sp³-hybridized carbons (Fsp3) is 0.412. The third-order valence-electron chi connectivity index (χ3n) is 9.21. The van der Waals surface area contributed by atoms with Gasteiger partial charge in [0.15, 0.2) is 5.82 Å². The zero-order valence-corrected chi connectivity index (χ0v) is 27.9. The van der Waals surface area contributed by atoms with Crippen molar-refractivity contribution in [3.63, 3.8) is 0 Å². The first kappa shape index (κ1) is 33.4. The number of methoxy groups -OCH3 is 1. The van der Waals surface area contributed by atoms with Gasteiger partial charge in [0, 0.05) is 81.4 Å². The maximum absolute atomic E-state index is 14.8. The van der Waals surface area contributed by atoms with E-state index in [0.29, 0.717) is 58.4 Å². The van der Waals surface area contributed by atoms with Crippen LogP contribution in [0, 0.1) is 5.82 Å². The van der Waals surface area contributed by atoms with Crippen LogP contribution < -0.4 is 25.3 Å². The number of nitrogens with one attached hydrogen (secondary N) is 2. The lowest BCUT2D eigenvalue weighted by molar-refractivity contribution is -0.131. The zero-order chi connectivity index (χ0) is 33.8. The van der Waals surface area contributed by atoms with E-state index in [1.54, 1.807) is 37.3 Å². The van der Waals surface area contributed by atoms with Gasteiger partial charge in [-0.05, 0) is 37.1 Å². The molecule has 3 saturated heterocycles. The van der Waals surface area contributed by atoms with Crippen molar-refractivity contribution in [1.82, 2.24) is 19.8 Å². The van der Waals surface area contributed by atoms with Crippen LogP contribution in [0.2, 0.25) is 5.02 Å². The van der Waals surface area contributed by atoms with E-state index in [4.69, 9.17) is 21.2 Å². The summed E-state index contributed by atoms with van der Waals surface area (Å²) in [6, 6.07) is 10.1. The Kier molecular flexibility index (Phi) is 10.3. The predicted molar refractivity (Wildman–Crippen MR) is 183 cm³/mol. The van der Waals surface area contributed by atoms with Gasteiger partial charge in [-0.3, -0.25) is 19.3 Å². The zero-order valence-electron chi connectivity index (χ0n) is 27.1. The molecule has 3 aliphatic heterocycles. The number of hydrogen-bond donors (Lipinski definition) is 2. The Morgan fingerprint density at radius 3 is 2.50 bits per heavy atom. The molecule has 2 amide bonds. The van der Waals surface area contributed by atoms with Gasteiger partial charge in [0.1, 0.15) is 23.7 Å². The van der Waals surface area contributed by atoms with Crippen molar-refractivity contribution in [1.29, 1.82) is 0 Å². The number of carbonyl (C=O) groups excluding carboxylic acids is 2. The molecule has 3 fully saturated rings. The minimum absolute atomic E-state index is 0.130. The minimum Gasteiger partial charge on any atom is -0.494 e. The molecule has 0 spiro atoms. The molecule has 0 radical (unpaired) electrons. The van der Waals surface area contributed by atoms with Crippen molar-refractivity contribution in [2.45, 2.75) is 38.3 Å². The first-order valence-corrected chi connectivity index (χ1v) is 16.5. The molecule has 2 N–H and O–H groups in total. The molecule has 6 rings (SSSR count). The molecule has 1 unspecified atom stereocenters. The summed E-state index contributed by atoms with van der Waals surface area (Å²) in [6.07, 6.45) is 5.13. The molecule has 48 heavy (non-hydrogen) atoms. The van der Waals surface area contributed by atoms with E-state index >= 15 is 0 Å². The van der Waals surface area contributed by atoms with Crippen LogP contribution in [0.15, 0.2) is 55.4 Å². The van der Waals surface area contributed by atoms with Gasteiger partial charge in [-0.25, -0.2) is 19.4 Å². The summed E-state index contributed by atoms with van der Waals surface area (Å²) in [6.45, 7) is 10.5. The molecule has 0 bridgehead atoms. The van der Waals surface area contributed by atoms with E-state index in [1.807, 2.05) is 17.0 Å². The molecule has 0 aliphatic carbocycles. The predicted octanol–water partition coefficient (Wildman–Crippen LogP) is 5.16. The Labute approximate surface area is 284 Å². The molecule has 14 heteroatoms. The second-order valence-electron chi connectivity index (χ2n) is 12.0. The van der Waals surface area contributed by atoms with Gasteiger partial charge >= 0.3 is 0 Å². The number of halogens is 2. The summed E-state index contributed by atoms with van der Waals surface area (Å²) in [7, 11) is 1.59. The second-order valence-corrected chi connectivity index (χ2v) is 12.5. The maximum atomic E-state index is 14.8. The summed E-state index contributed by atoms with van der Waals surface area (Å²) >= 11 is 5.98. The number of hydrogen-bond acceptors (Lipinski definition) is 10. The molecule has 0 saturated carbocycles. The van der Waals surface area contributed by atoms with Gasteiger partial charge in [0.2, 0.25) is 11.8 Å². The van der Waals surface area contributed by atoms with Crippen molar-refractivity contribution < 1.29 is 23.6 Å². The number of ether oxygens (including phenoxy) is 1. The molecular formula is C34H40ClFN8O4. The average molecular weight is 679 g/mol. The van der Waals surface area contributed by atoms with Crippen molar-refractivity contribution in [3.05, 3.63) is 71.8 Å². The first-order valence-electron chi connectivity index (χ1n) is 16.1. The molecule has 254 valence electrons. The largest absolute Gasteiger partial charge is 0.494 e. The fourth-order valence-corrected chi connectivity index (χ4v) is 6.84. The van der Waals surface area contributed by atoms with Crippen LogP contribution in [0.25, 0.3) is 0 Å².